The fourth-order valence-electron chi connectivity index (χ4n) is 2.52. The Morgan fingerprint density at radius 1 is 1.29 bits per heavy atom. The topological polar surface area (TPSA) is 55.1 Å². The quantitative estimate of drug-likeness (QED) is 0.502. The molecule has 122 valence electrons. The van der Waals surface area contributed by atoms with Gasteiger partial charge in [-0.1, -0.05) is 59.6 Å². The highest BCUT2D eigenvalue weighted by Gasteiger charge is 2.16. The second-order valence-corrected chi connectivity index (χ2v) is 6.16. The van der Waals surface area contributed by atoms with Gasteiger partial charge in [-0.3, -0.25) is 0 Å². The minimum Gasteiger partial charge on any atom is -0.403 e. The van der Waals surface area contributed by atoms with E-state index in [1.807, 2.05) is 0 Å². The summed E-state index contributed by atoms with van der Waals surface area (Å²) in [6.45, 7) is 14.5. The summed E-state index contributed by atoms with van der Waals surface area (Å²) in [5, 5.41) is 3.25. The highest BCUT2D eigenvalue weighted by Crippen LogP contribution is 2.24. The van der Waals surface area contributed by atoms with Gasteiger partial charge in [0.15, 0.2) is 0 Å². The largest absolute Gasteiger partial charge is 0.403 e. The van der Waals surface area contributed by atoms with Gasteiger partial charge in [0, 0.05) is 11.4 Å². The summed E-state index contributed by atoms with van der Waals surface area (Å²) in [6.07, 6.45) is 8.45. The van der Waals surface area contributed by atoms with Gasteiger partial charge in [0.25, 0.3) is 0 Å². The normalized spacial score (nSPS) is 15.0. The lowest BCUT2D eigenvalue weighted by atomic mass is 9.88. The van der Waals surface area contributed by atoms with E-state index < -0.39 is 0 Å². The van der Waals surface area contributed by atoms with Crippen molar-refractivity contribution in [1.29, 1.82) is 0 Å². The molecular formula is C18H34N2O. The lowest BCUT2D eigenvalue weighted by Crippen LogP contribution is -2.32. The smallest absolute Gasteiger partial charge is 0.142 e. The van der Waals surface area contributed by atoms with Crippen LogP contribution in [0.2, 0.25) is 0 Å². The van der Waals surface area contributed by atoms with E-state index in [0.717, 1.165) is 24.3 Å². The summed E-state index contributed by atoms with van der Waals surface area (Å²) in [4.78, 5) is 11.1. The van der Waals surface area contributed by atoms with Crippen molar-refractivity contribution in [2.24, 2.45) is 17.6 Å². The van der Waals surface area contributed by atoms with Crippen molar-refractivity contribution in [1.82, 2.24) is 5.32 Å². The molecule has 3 N–H and O–H groups in total. The Bertz CT molecular complexity index is 325. The predicted molar refractivity (Wildman–Crippen MR) is 91.8 cm³/mol. The highest BCUT2D eigenvalue weighted by atomic mass is 16.1. The molecule has 0 aliphatic heterocycles. The van der Waals surface area contributed by atoms with Crippen LogP contribution >= 0.6 is 0 Å². The summed E-state index contributed by atoms with van der Waals surface area (Å²) < 4.78 is 0. The number of hydrogen-bond acceptors (Lipinski definition) is 3. The first kappa shape index (κ1) is 19.8. The molecule has 3 heteroatoms. The maximum Gasteiger partial charge on any atom is 0.142 e. The average molecular weight is 294 g/mol. The molecule has 0 fully saturated rings. The van der Waals surface area contributed by atoms with E-state index in [0.29, 0.717) is 24.5 Å². The van der Waals surface area contributed by atoms with Gasteiger partial charge in [-0.25, -0.2) is 0 Å². The molecule has 0 aromatic heterocycles. The minimum absolute atomic E-state index is 0.212. The Morgan fingerprint density at radius 3 is 2.43 bits per heavy atom. The first-order valence-electron chi connectivity index (χ1n) is 8.28. The maximum absolute atomic E-state index is 11.1. The zero-order valence-electron chi connectivity index (χ0n) is 14.2. The van der Waals surface area contributed by atoms with Gasteiger partial charge >= 0.3 is 0 Å². The Hall–Kier alpha value is -1.25. The molecule has 0 aromatic rings. The maximum atomic E-state index is 11.1. The minimum atomic E-state index is -0.212. The first-order chi connectivity index (χ1) is 9.94. The van der Waals surface area contributed by atoms with E-state index in [1.165, 1.54) is 25.7 Å². The number of aldehydes is 1. The van der Waals surface area contributed by atoms with Crippen LogP contribution in [0.1, 0.15) is 65.7 Å². The van der Waals surface area contributed by atoms with Gasteiger partial charge in [-0.15, -0.1) is 0 Å². The van der Waals surface area contributed by atoms with Crippen molar-refractivity contribution < 1.29 is 4.79 Å². The molecule has 0 heterocycles. The predicted octanol–water partition coefficient (Wildman–Crippen LogP) is 4.15. The van der Waals surface area contributed by atoms with Gasteiger partial charge in [-0.05, 0) is 31.1 Å². The van der Waals surface area contributed by atoms with Crippen molar-refractivity contribution in [3.63, 3.8) is 0 Å². The lowest BCUT2D eigenvalue weighted by molar-refractivity contribution is -0.109. The molecule has 0 bridgehead atoms. The third-order valence-electron chi connectivity index (χ3n) is 4.14. The zero-order valence-corrected chi connectivity index (χ0v) is 14.2. The van der Waals surface area contributed by atoms with Crippen molar-refractivity contribution in [3.05, 3.63) is 24.6 Å². The van der Waals surface area contributed by atoms with Crippen molar-refractivity contribution in [2.45, 2.75) is 71.8 Å². The van der Waals surface area contributed by atoms with Crippen LogP contribution in [-0.4, -0.2) is 12.3 Å². The number of unbranched alkanes of at least 4 members (excludes halogenated alkanes) is 1. The Balaban J connectivity index is 4.27. The standard InChI is InChI=1S/C18H34N2O/c1-6-8-9-17(7-2)12-14(3)16(5)20-18(13-21)11-10-15(4)19/h13-14,17-18,20H,4-12,19H2,1-3H3. The molecule has 0 aliphatic carbocycles. The molecule has 0 amide bonds. The second-order valence-electron chi connectivity index (χ2n) is 6.16. The number of carbonyl (C=O) groups excluding carboxylic acids is 1. The summed E-state index contributed by atoms with van der Waals surface area (Å²) >= 11 is 0. The molecule has 0 rings (SSSR count). The fraction of sp³-hybridized carbons (Fsp3) is 0.722. The summed E-state index contributed by atoms with van der Waals surface area (Å²) in [5.41, 5.74) is 7.14. The summed E-state index contributed by atoms with van der Waals surface area (Å²) in [6, 6.07) is -0.212. The van der Waals surface area contributed by atoms with Crippen LogP contribution in [0.4, 0.5) is 0 Å². The molecule has 0 aliphatic rings. The molecule has 21 heavy (non-hydrogen) atoms. The molecule has 3 nitrogen and oxygen atoms in total. The van der Waals surface area contributed by atoms with Crippen LogP contribution in [0.3, 0.4) is 0 Å². The highest BCUT2D eigenvalue weighted by molar-refractivity contribution is 5.58. The van der Waals surface area contributed by atoms with Crippen LogP contribution in [0.15, 0.2) is 24.6 Å². The van der Waals surface area contributed by atoms with Crippen LogP contribution in [0.25, 0.3) is 0 Å². The van der Waals surface area contributed by atoms with Gasteiger partial charge in [0.2, 0.25) is 0 Å². The van der Waals surface area contributed by atoms with Crippen LogP contribution in [-0.2, 0) is 4.79 Å². The van der Waals surface area contributed by atoms with Gasteiger partial charge in [-0.2, -0.15) is 0 Å². The van der Waals surface area contributed by atoms with Gasteiger partial charge in [0.1, 0.15) is 6.29 Å². The van der Waals surface area contributed by atoms with Crippen LogP contribution in [0, 0.1) is 11.8 Å². The average Bonchev–Trinajstić information content (AvgIpc) is 2.46. The SMILES string of the molecule is C=C(N)CCC(C=O)NC(=C)C(C)CC(CC)CCCC. The number of allylic oxidation sites excluding steroid dienone is 2. The molecular weight excluding hydrogens is 260 g/mol. The summed E-state index contributed by atoms with van der Waals surface area (Å²) in [5.74, 6) is 1.13. The van der Waals surface area contributed by atoms with E-state index in [2.05, 4.69) is 39.2 Å². The van der Waals surface area contributed by atoms with Gasteiger partial charge in [0.05, 0.1) is 6.04 Å². The van der Waals surface area contributed by atoms with Crippen molar-refractivity contribution >= 4 is 6.29 Å². The van der Waals surface area contributed by atoms with Crippen LogP contribution in [0.5, 0.6) is 0 Å². The van der Waals surface area contributed by atoms with E-state index in [1.54, 1.807) is 0 Å². The molecule has 0 saturated heterocycles. The first-order valence-corrected chi connectivity index (χ1v) is 8.28. The number of nitrogens with one attached hydrogen (secondary N) is 1. The van der Waals surface area contributed by atoms with E-state index in [-0.39, 0.29) is 6.04 Å². The van der Waals surface area contributed by atoms with E-state index in [9.17, 15) is 4.79 Å². The number of rotatable bonds is 13. The van der Waals surface area contributed by atoms with Crippen LogP contribution < -0.4 is 11.1 Å². The Labute approximate surface area is 131 Å². The Morgan fingerprint density at radius 2 is 1.95 bits per heavy atom. The van der Waals surface area contributed by atoms with E-state index >= 15 is 0 Å². The number of hydrogen-bond donors (Lipinski definition) is 2. The van der Waals surface area contributed by atoms with E-state index in [4.69, 9.17) is 5.73 Å². The number of nitrogens with two attached hydrogens (primary N) is 1. The van der Waals surface area contributed by atoms with Crippen molar-refractivity contribution in [2.75, 3.05) is 0 Å². The third kappa shape index (κ3) is 9.33. The lowest BCUT2D eigenvalue weighted by Gasteiger charge is -2.24. The molecule has 0 spiro atoms. The molecule has 3 unspecified atom stereocenters. The Kier molecular flexibility index (Phi) is 10.7. The van der Waals surface area contributed by atoms with Gasteiger partial charge < -0.3 is 15.8 Å². The monoisotopic (exact) mass is 294 g/mol. The fourth-order valence-corrected chi connectivity index (χ4v) is 2.52. The second kappa shape index (κ2) is 11.4. The van der Waals surface area contributed by atoms with Crippen molar-refractivity contribution in [3.8, 4) is 0 Å². The molecule has 0 saturated carbocycles. The molecule has 0 aromatic carbocycles. The zero-order chi connectivity index (χ0) is 16.3. The number of carbonyl (C=O) groups is 1. The molecule has 3 atom stereocenters. The third-order valence-corrected chi connectivity index (χ3v) is 4.14. The summed E-state index contributed by atoms with van der Waals surface area (Å²) in [7, 11) is 0. The molecule has 0 radical (unpaired) electrons.